The number of anilines is 1. The van der Waals surface area contributed by atoms with Crippen LogP contribution in [0.1, 0.15) is 15.9 Å². The van der Waals surface area contributed by atoms with Crippen LogP contribution in [0.4, 0.5) is 11.4 Å². The molecule has 0 saturated heterocycles. The Labute approximate surface area is 153 Å². The van der Waals surface area contributed by atoms with Crippen LogP contribution in [0.15, 0.2) is 42.5 Å². The Balaban J connectivity index is 1.73. The van der Waals surface area contributed by atoms with Gasteiger partial charge in [-0.25, -0.2) is 0 Å². The number of nitrogens with one attached hydrogen (secondary N) is 2. The van der Waals surface area contributed by atoms with Crippen molar-refractivity contribution in [3.05, 3.63) is 63.7 Å². The van der Waals surface area contributed by atoms with Crippen molar-refractivity contribution < 1.29 is 24.0 Å². The van der Waals surface area contributed by atoms with Crippen molar-refractivity contribution in [2.75, 3.05) is 19.2 Å². The van der Waals surface area contributed by atoms with Gasteiger partial charge in [-0.1, -0.05) is 0 Å². The number of benzene rings is 2. The van der Waals surface area contributed by atoms with Gasteiger partial charge in [-0.3, -0.25) is 19.7 Å². The highest BCUT2D eigenvalue weighted by Gasteiger charge is 2.22. The van der Waals surface area contributed by atoms with E-state index in [1.54, 1.807) is 24.3 Å². The molecule has 0 radical (unpaired) electrons. The van der Waals surface area contributed by atoms with E-state index in [0.717, 1.165) is 0 Å². The van der Waals surface area contributed by atoms with E-state index in [1.807, 2.05) is 0 Å². The summed E-state index contributed by atoms with van der Waals surface area (Å²) >= 11 is 0. The summed E-state index contributed by atoms with van der Waals surface area (Å²) in [7, 11) is 1.53. The minimum atomic E-state index is -0.558. The lowest BCUT2D eigenvalue weighted by Crippen LogP contribution is -2.17. The van der Waals surface area contributed by atoms with Crippen LogP contribution in [0.5, 0.6) is 11.5 Å². The molecule has 138 valence electrons. The van der Waals surface area contributed by atoms with Gasteiger partial charge < -0.3 is 20.1 Å². The lowest BCUT2D eigenvalue weighted by Gasteiger charge is -2.04. The third-order valence-electron chi connectivity index (χ3n) is 3.77. The molecule has 0 spiro atoms. The van der Waals surface area contributed by atoms with Crippen LogP contribution in [0.3, 0.4) is 0 Å². The molecule has 0 atom stereocenters. The molecule has 1 aliphatic rings. The topological polar surface area (TPSA) is 120 Å². The lowest BCUT2D eigenvalue weighted by atomic mass is 10.1. The summed E-state index contributed by atoms with van der Waals surface area (Å²) in [5.74, 6) is -0.0393. The monoisotopic (exact) mass is 369 g/mol. The van der Waals surface area contributed by atoms with Crippen LogP contribution in [0, 0.1) is 10.1 Å². The molecule has 9 heteroatoms. The maximum Gasteiger partial charge on any atom is 0.280 e. The van der Waals surface area contributed by atoms with Gasteiger partial charge in [0.2, 0.25) is 12.7 Å². The Hall–Kier alpha value is -3.88. The largest absolute Gasteiger partial charge is 0.454 e. The predicted octanol–water partition coefficient (Wildman–Crippen LogP) is 2.33. The SMILES string of the molecule is CNC(=O)c1ccc(NC(=O)/C=C/c2cc3c(cc2[N+](=O)[O-])OCO3)cc1. The predicted molar refractivity (Wildman–Crippen MR) is 96.7 cm³/mol. The van der Waals surface area contributed by atoms with Crippen LogP contribution in [0.2, 0.25) is 0 Å². The number of hydrogen-bond acceptors (Lipinski definition) is 6. The normalized spacial score (nSPS) is 12.0. The zero-order valence-electron chi connectivity index (χ0n) is 14.2. The molecule has 3 rings (SSSR count). The molecule has 0 unspecified atom stereocenters. The highest BCUT2D eigenvalue weighted by atomic mass is 16.7. The summed E-state index contributed by atoms with van der Waals surface area (Å²) in [6, 6.07) is 9.01. The van der Waals surface area contributed by atoms with Gasteiger partial charge in [0.1, 0.15) is 0 Å². The molecular weight excluding hydrogens is 354 g/mol. The smallest absolute Gasteiger partial charge is 0.280 e. The van der Waals surface area contributed by atoms with Gasteiger partial charge in [-0.05, 0) is 36.4 Å². The number of nitrogens with zero attached hydrogens (tertiary/aromatic N) is 1. The third kappa shape index (κ3) is 4.03. The van der Waals surface area contributed by atoms with Crippen molar-refractivity contribution in [1.29, 1.82) is 0 Å². The van der Waals surface area contributed by atoms with Gasteiger partial charge in [-0.15, -0.1) is 0 Å². The van der Waals surface area contributed by atoms with Crippen molar-refractivity contribution in [3.8, 4) is 11.5 Å². The molecule has 2 aromatic rings. The fraction of sp³-hybridized carbons (Fsp3) is 0.111. The van der Waals surface area contributed by atoms with Crippen LogP contribution < -0.4 is 20.1 Å². The van der Waals surface area contributed by atoms with E-state index >= 15 is 0 Å². The van der Waals surface area contributed by atoms with Crippen molar-refractivity contribution in [3.63, 3.8) is 0 Å². The van der Waals surface area contributed by atoms with Crippen molar-refractivity contribution in [2.24, 2.45) is 0 Å². The Morgan fingerprint density at radius 3 is 2.44 bits per heavy atom. The fourth-order valence-electron chi connectivity index (χ4n) is 2.44. The quantitative estimate of drug-likeness (QED) is 0.474. The molecule has 27 heavy (non-hydrogen) atoms. The molecule has 1 heterocycles. The molecule has 2 aromatic carbocycles. The van der Waals surface area contributed by atoms with E-state index in [0.29, 0.717) is 22.7 Å². The summed E-state index contributed by atoms with van der Waals surface area (Å²) in [6.45, 7) is -0.00775. The molecule has 0 bridgehead atoms. The zero-order valence-corrected chi connectivity index (χ0v) is 14.2. The van der Waals surface area contributed by atoms with Crippen LogP contribution in [0.25, 0.3) is 6.08 Å². The Kier molecular flexibility index (Phi) is 5.02. The first-order valence-electron chi connectivity index (χ1n) is 7.87. The number of hydrogen-bond donors (Lipinski definition) is 2. The third-order valence-corrected chi connectivity index (χ3v) is 3.77. The number of carbonyl (C=O) groups is 2. The summed E-state index contributed by atoms with van der Waals surface area (Å²) in [5.41, 5.74) is 0.965. The molecule has 0 aliphatic carbocycles. The average molecular weight is 369 g/mol. The second-order valence-corrected chi connectivity index (χ2v) is 5.50. The lowest BCUT2D eigenvalue weighted by molar-refractivity contribution is -0.385. The fourth-order valence-corrected chi connectivity index (χ4v) is 2.44. The highest BCUT2D eigenvalue weighted by Crippen LogP contribution is 2.38. The second-order valence-electron chi connectivity index (χ2n) is 5.50. The first-order valence-corrected chi connectivity index (χ1v) is 7.87. The average Bonchev–Trinajstić information content (AvgIpc) is 3.13. The highest BCUT2D eigenvalue weighted by molar-refractivity contribution is 6.02. The minimum Gasteiger partial charge on any atom is -0.454 e. The first-order chi connectivity index (χ1) is 13.0. The van der Waals surface area contributed by atoms with Crippen molar-refractivity contribution in [1.82, 2.24) is 5.32 Å². The Morgan fingerprint density at radius 1 is 1.15 bits per heavy atom. The van der Waals surface area contributed by atoms with Crippen molar-refractivity contribution in [2.45, 2.75) is 0 Å². The zero-order chi connectivity index (χ0) is 19.4. The van der Waals surface area contributed by atoms with E-state index in [-0.39, 0.29) is 24.0 Å². The van der Waals surface area contributed by atoms with E-state index in [2.05, 4.69) is 10.6 Å². The first kappa shape index (κ1) is 17.9. The van der Waals surface area contributed by atoms with Gasteiger partial charge in [0.05, 0.1) is 16.6 Å². The van der Waals surface area contributed by atoms with Gasteiger partial charge in [0.25, 0.3) is 11.6 Å². The summed E-state index contributed by atoms with van der Waals surface area (Å²) in [4.78, 5) is 34.2. The molecule has 0 aromatic heterocycles. The number of fused-ring (bicyclic) bond motifs is 1. The van der Waals surface area contributed by atoms with Crippen LogP contribution in [-0.4, -0.2) is 30.6 Å². The molecular formula is C18H15N3O6. The summed E-state index contributed by atoms with van der Waals surface area (Å²) < 4.78 is 10.3. The van der Waals surface area contributed by atoms with Crippen LogP contribution >= 0.6 is 0 Å². The van der Waals surface area contributed by atoms with E-state index in [9.17, 15) is 19.7 Å². The van der Waals surface area contributed by atoms with Gasteiger partial charge in [-0.2, -0.15) is 0 Å². The molecule has 2 N–H and O–H groups in total. The Bertz CT molecular complexity index is 937. The second kappa shape index (κ2) is 7.56. The molecule has 9 nitrogen and oxygen atoms in total. The Morgan fingerprint density at radius 2 is 1.81 bits per heavy atom. The van der Waals surface area contributed by atoms with Crippen molar-refractivity contribution >= 4 is 29.3 Å². The van der Waals surface area contributed by atoms with Gasteiger partial charge >= 0.3 is 0 Å². The van der Waals surface area contributed by atoms with E-state index in [4.69, 9.17) is 9.47 Å². The maximum atomic E-state index is 12.1. The number of amides is 2. The minimum absolute atomic E-state index is 0.00775. The molecule has 0 fully saturated rings. The number of nitro benzene ring substituents is 1. The summed E-state index contributed by atoms with van der Waals surface area (Å²) in [6.07, 6.45) is 2.51. The molecule has 0 saturated carbocycles. The maximum absolute atomic E-state index is 12.1. The van der Waals surface area contributed by atoms with Gasteiger partial charge in [0.15, 0.2) is 11.5 Å². The number of rotatable bonds is 5. The van der Waals surface area contributed by atoms with E-state index < -0.39 is 10.8 Å². The number of carbonyl (C=O) groups excluding carboxylic acids is 2. The van der Waals surface area contributed by atoms with Crippen LogP contribution in [-0.2, 0) is 4.79 Å². The number of nitro groups is 1. The molecule has 1 aliphatic heterocycles. The number of ether oxygens (including phenoxy) is 2. The van der Waals surface area contributed by atoms with E-state index in [1.165, 1.54) is 31.3 Å². The standard InChI is InChI=1S/C18H15N3O6/c1-19-18(23)11-2-5-13(6-3-11)20-17(22)7-4-12-8-15-16(27-10-26-15)9-14(12)21(24)25/h2-9H,10H2,1H3,(H,19,23)(H,20,22)/b7-4+. The summed E-state index contributed by atoms with van der Waals surface area (Å²) in [5, 5.41) is 16.3. The molecule has 2 amide bonds. The van der Waals surface area contributed by atoms with Gasteiger partial charge in [0, 0.05) is 24.4 Å².